The molecule has 0 unspecified atom stereocenters. The van der Waals surface area contributed by atoms with Crippen LogP contribution in [0.5, 0.6) is 0 Å². The van der Waals surface area contributed by atoms with Crippen LogP contribution in [-0.4, -0.2) is 30.1 Å². The quantitative estimate of drug-likeness (QED) is 0.752. The van der Waals surface area contributed by atoms with Crippen molar-refractivity contribution >= 4 is 31.9 Å². The Morgan fingerprint density at radius 1 is 1.39 bits per heavy atom. The number of halogens is 2. The molecular formula is C11H15Br2N5. The van der Waals surface area contributed by atoms with Gasteiger partial charge in [-0.3, -0.25) is 4.68 Å². The topological polar surface area (TPSA) is 48.5 Å². The van der Waals surface area contributed by atoms with E-state index in [2.05, 4.69) is 54.2 Å². The number of hydrogen-bond donors (Lipinski definition) is 0. The van der Waals surface area contributed by atoms with Crippen LogP contribution in [-0.2, 0) is 26.4 Å². The molecule has 0 amide bonds. The van der Waals surface area contributed by atoms with Gasteiger partial charge < -0.3 is 0 Å². The Morgan fingerprint density at radius 3 is 2.78 bits per heavy atom. The fourth-order valence-electron chi connectivity index (χ4n) is 1.77. The first-order valence-corrected chi connectivity index (χ1v) is 7.72. The zero-order valence-corrected chi connectivity index (χ0v) is 13.6. The van der Waals surface area contributed by atoms with E-state index < -0.39 is 0 Å². The van der Waals surface area contributed by atoms with Crippen LogP contribution in [0.4, 0.5) is 0 Å². The van der Waals surface area contributed by atoms with Crippen molar-refractivity contribution in [1.29, 1.82) is 0 Å². The molecule has 2 rings (SSSR count). The van der Waals surface area contributed by atoms with Crippen molar-refractivity contribution in [2.45, 2.75) is 26.3 Å². The molecule has 0 saturated heterocycles. The third kappa shape index (κ3) is 2.83. The highest BCUT2D eigenvalue weighted by Gasteiger charge is 2.13. The third-order valence-corrected chi connectivity index (χ3v) is 4.06. The van der Waals surface area contributed by atoms with Gasteiger partial charge in [-0.05, 0) is 22.4 Å². The highest BCUT2D eigenvalue weighted by atomic mass is 79.9. The van der Waals surface area contributed by atoms with Crippen molar-refractivity contribution in [2.24, 2.45) is 7.05 Å². The summed E-state index contributed by atoms with van der Waals surface area (Å²) in [6, 6.07) is 0. The number of aryl methyl sites for hydroxylation is 3. The number of aromatic nitrogens is 5. The van der Waals surface area contributed by atoms with Gasteiger partial charge in [0.2, 0.25) is 0 Å². The molecule has 0 aliphatic rings. The number of hydrogen-bond acceptors (Lipinski definition) is 3. The van der Waals surface area contributed by atoms with E-state index in [4.69, 9.17) is 0 Å². The molecular weight excluding hydrogens is 362 g/mol. The van der Waals surface area contributed by atoms with Gasteiger partial charge in [0.25, 0.3) is 0 Å². The van der Waals surface area contributed by atoms with Gasteiger partial charge in [-0.25, -0.2) is 4.68 Å². The van der Waals surface area contributed by atoms with Gasteiger partial charge in [0.1, 0.15) is 0 Å². The third-order valence-electron chi connectivity index (χ3n) is 2.75. The second-order valence-corrected chi connectivity index (χ2v) is 5.62. The molecule has 18 heavy (non-hydrogen) atoms. The summed E-state index contributed by atoms with van der Waals surface area (Å²) in [6.07, 6.45) is 3.79. The fraction of sp³-hybridized carbons (Fsp3) is 0.545. The van der Waals surface area contributed by atoms with E-state index in [0.717, 1.165) is 39.7 Å². The molecule has 0 saturated carbocycles. The normalized spacial score (nSPS) is 11.1. The van der Waals surface area contributed by atoms with Crippen LogP contribution in [0.2, 0.25) is 0 Å². The zero-order valence-electron chi connectivity index (χ0n) is 10.4. The molecule has 0 radical (unpaired) electrons. The first kappa shape index (κ1) is 13.7. The lowest BCUT2D eigenvalue weighted by molar-refractivity contribution is 0.597. The lowest BCUT2D eigenvalue weighted by Gasteiger charge is -2.02. The molecule has 2 aromatic heterocycles. The standard InChI is InChI=1S/C11H15Br2N5/c1-3-9-11(13)10(17(2)15-9)7-18-6-8(4-5-12)14-16-18/h6H,3-5,7H2,1-2H3. The Kier molecular flexibility index (Phi) is 4.55. The van der Waals surface area contributed by atoms with E-state index in [1.807, 2.05) is 22.6 Å². The lowest BCUT2D eigenvalue weighted by Crippen LogP contribution is -2.06. The average Bonchev–Trinajstić information content (AvgIpc) is 2.89. The SMILES string of the molecule is CCc1nn(C)c(Cn2cc(CCBr)nn2)c1Br. The molecule has 0 bridgehead atoms. The number of alkyl halides is 1. The first-order valence-electron chi connectivity index (χ1n) is 5.81. The van der Waals surface area contributed by atoms with E-state index in [9.17, 15) is 0 Å². The molecule has 2 aromatic rings. The Morgan fingerprint density at radius 2 is 2.17 bits per heavy atom. The Bertz CT molecular complexity index is 532. The van der Waals surface area contributed by atoms with Gasteiger partial charge in [0, 0.05) is 25.0 Å². The summed E-state index contributed by atoms with van der Waals surface area (Å²) in [4.78, 5) is 0. The molecule has 7 heteroatoms. The van der Waals surface area contributed by atoms with E-state index in [0.29, 0.717) is 6.54 Å². The summed E-state index contributed by atoms with van der Waals surface area (Å²) in [5.41, 5.74) is 3.19. The van der Waals surface area contributed by atoms with Crippen molar-refractivity contribution in [3.63, 3.8) is 0 Å². The molecule has 0 fully saturated rings. The highest BCUT2D eigenvalue weighted by Crippen LogP contribution is 2.22. The van der Waals surface area contributed by atoms with Gasteiger partial charge in [0.05, 0.1) is 28.1 Å². The minimum absolute atomic E-state index is 0.680. The Labute approximate surface area is 123 Å². The van der Waals surface area contributed by atoms with Crippen LogP contribution >= 0.6 is 31.9 Å². The maximum absolute atomic E-state index is 4.47. The second-order valence-electron chi connectivity index (χ2n) is 4.03. The average molecular weight is 377 g/mol. The van der Waals surface area contributed by atoms with Crippen LogP contribution in [0.15, 0.2) is 10.7 Å². The van der Waals surface area contributed by atoms with Crippen molar-refractivity contribution in [2.75, 3.05) is 5.33 Å². The summed E-state index contributed by atoms with van der Waals surface area (Å²) in [6.45, 7) is 2.78. The predicted molar refractivity (Wildman–Crippen MR) is 76.9 cm³/mol. The van der Waals surface area contributed by atoms with Crippen molar-refractivity contribution in [3.8, 4) is 0 Å². The van der Waals surface area contributed by atoms with Crippen molar-refractivity contribution in [1.82, 2.24) is 24.8 Å². The van der Waals surface area contributed by atoms with E-state index >= 15 is 0 Å². The van der Waals surface area contributed by atoms with Gasteiger partial charge in [0.15, 0.2) is 0 Å². The molecule has 0 aromatic carbocycles. The summed E-state index contributed by atoms with van der Waals surface area (Å²) in [7, 11) is 1.95. The molecule has 0 atom stereocenters. The molecule has 2 heterocycles. The largest absolute Gasteiger partial charge is 0.269 e. The van der Waals surface area contributed by atoms with Crippen LogP contribution in [0.1, 0.15) is 24.0 Å². The summed E-state index contributed by atoms with van der Waals surface area (Å²) < 4.78 is 4.82. The van der Waals surface area contributed by atoms with E-state index in [1.165, 1.54) is 0 Å². The van der Waals surface area contributed by atoms with E-state index in [-0.39, 0.29) is 0 Å². The van der Waals surface area contributed by atoms with Crippen molar-refractivity contribution < 1.29 is 0 Å². The molecule has 0 aliphatic heterocycles. The number of nitrogens with zero attached hydrogens (tertiary/aromatic N) is 5. The van der Waals surface area contributed by atoms with Gasteiger partial charge in [-0.2, -0.15) is 5.10 Å². The van der Waals surface area contributed by atoms with Crippen LogP contribution in [0.25, 0.3) is 0 Å². The fourth-order valence-corrected chi connectivity index (χ4v) is 2.92. The smallest absolute Gasteiger partial charge is 0.0857 e. The van der Waals surface area contributed by atoms with Crippen molar-refractivity contribution in [3.05, 3.63) is 27.8 Å². The molecule has 0 aliphatic carbocycles. The Balaban J connectivity index is 2.20. The highest BCUT2D eigenvalue weighted by molar-refractivity contribution is 9.10. The summed E-state index contributed by atoms with van der Waals surface area (Å²) in [5, 5.41) is 13.6. The number of rotatable bonds is 5. The van der Waals surface area contributed by atoms with E-state index in [1.54, 1.807) is 0 Å². The predicted octanol–water partition coefficient (Wildman–Crippen LogP) is 2.32. The monoisotopic (exact) mass is 375 g/mol. The first-order chi connectivity index (χ1) is 8.65. The maximum atomic E-state index is 4.47. The summed E-state index contributed by atoms with van der Waals surface area (Å²) in [5.74, 6) is 0. The molecule has 5 nitrogen and oxygen atoms in total. The zero-order chi connectivity index (χ0) is 13.1. The molecule has 0 spiro atoms. The minimum Gasteiger partial charge on any atom is -0.269 e. The van der Waals surface area contributed by atoms with Crippen LogP contribution < -0.4 is 0 Å². The van der Waals surface area contributed by atoms with Crippen LogP contribution in [0, 0.1) is 0 Å². The lowest BCUT2D eigenvalue weighted by atomic mass is 10.3. The molecule has 98 valence electrons. The minimum atomic E-state index is 0.680. The Hall–Kier alpha value is -0.690. The van der Waals surface area contributed by atoms with Gasteiger partial charge >= 0.3 is 0 Å². The second kappa shape index (κ2) is 5.97. The molecule has 0 N–H and O–H groups in total. The van der Waals surface area contributed by atoms with Crippen LogP contribution in [0.3, 0.4) is 0 Å². The maximum Gasteiger partial charge on any atom is 0.0857 e. The van der Waals surface area contributed by atoms with Gasteiger partial charge in [-0.15, -0.1) is 5.10 Å². The summed E-state index contributed by atoms with van der Waals surface area (Å²) >= 11 is 7.00. The van der Waals surface area contributed by atoms with Gasteiger partial charge in [-0.1, -0.05) is 28.1 Å².